The lowest BCUT2D eigenvalue weighted by atomic mass is 10.0. The number of nitrogens with one attached hydrogen (secondary N) is 1. The summed E-state index contributed by atoms with van der Waals surface area (Å²) in [6.07, 6.45) is 3.40. The van der Waals surface area contributed by atoms with E-state index in [-0.39, 0.29) is 28.1 Å². The molecule has 0 saturated carbocycles. The monoisotopic (exact) mass is 528 g/mol. The maximum atomic E-state index is 15.9. The van der Waals surface area contributed by atoms with E-state index in [0.717, 1.165) is 28.9 Å². The van der Waals surface area contributed by atoms with Crippen molar-refractivity contribution >= 4 is 27.1 Å². The summed E-state index contributed by atoms with van der Waals surface area (Å²) in [4.78, 5) is 14.4. The molecular weight excluding hydrogens is 504 g/mol. The Bertz CT molecular complexity index is 1420. The molecule has 13 heteroatoms. The van der Waals surface area contributed by atoms with Crippen molar-refractivity contribution in [1.29, 1.82) is 0 Å². The van der Waals surface area contributed by atoms with Gasteiger partial charge in [0.05, 0.1) is 28.2 Å². The number of carbonyl (C=O) groups excluding carboxylic acids is 1. The molecule has 4 rings (SSSR count). The van der Waals surface area contributed by atoms with Crippen molar-refractivity contribution < 1.29 is 35.5 Å². The summed E-state index contributed by atoms with van der Waals surface area (Å²) in [5.74, 6) is -2.80. The molecule has 2 aromatic heterocycles. The number of halogens is 4. The average molecular weight is 529 g/mol. The van der Waals surface area contributed by atoms with Crippen molar-refractivity contribution in [2.75, 3.05) is 11.4 Å². The maximum Gasteiger partial charge on any atom is 0.387 e. The average Bonchev–Trinajstić information content (AvgIpc) is 3.41. The Hall–Kier alpha value is -3.35. The number of nitrogens with zero attached hydrogens (tertiary/aromatic N) is 3. The van der Waals surface area contributed by atoms with Gasteiger partial charge in [-0.2, -0.15) is 13.9 Å². The molecule has 3 aromatic rings. The summed E-state index contributed by atoms with van der Waals surface area (Å²) in [6, 6.07) is 3.88. The molecule has 1 aliphatic rings. The Balaban J connectivity index is 1.75. The molecule has 0 aliphatic carbocycles. The second-order valence-electron chi connectivity index (χ2n) is 9.33. The van der Waals surface area contributed by atoms with Crippen LogP contribution in [0, 0.1) is 11.6 Å². The number of rotatable bonds is 6. The molecule has 8 nitrogen and oxygen atoms in total. The first-order valence-electron chi connectivity index (χ1n) is 11.0. The lowest BCUT2D eigenvalue weighted by molar-refractivity contribution is -0.0506. The lowest BCUT2D eigenvalue weighted by Gasteiger charge is -2.29. The number of amides is 1. The number of carbonyl (C=O) groups is 1. The summed E-state index contributed by atoms with van der Waals surface area (Å²) in [7, 11) is -4.07. The molecule has 194 valence electrons. The van der Waals surface area contributed by atoms with Gasteiger partial charge in [-0.15, -0.1) is 0 Å². The summed E-state index contributed by atoms with van der Waals surface area (Å²) in [5.41, 5.74) is -0.409. The zero-order valence-electron chi connectivity index (χ0n) is 19.6. The fourth-order valence-electron chi connectivity index (χ4n) is 4.11. The number of benzene rings is 1. The zero-order valence-corrected chi connectivity index (χ0v) is 20.5. The smallest absolute Gasteiger partial charge is 0.387 e. The van der Waals surface area contributed by atoms with Gasteiger partial charge in [-0.05, 0) is 57.9 Å². The number of anilines is 1. The first-order chi connectivity index (χ1) is 16.8. The summed E-state index contributed by atoms with van der Waals surface area (Å²) >= 11 is 0. The van der Waals surface area contributed by atoms with Crippen molar-refractivity contribution in [2.45, 2.75) is 51.0 Å². The molecule has 0 unspecified atom stereocenters. The molecule has 36 heavy (non-hydrogen) atoms. The second-order valence-corrected chi connectivity index (χ2v) is 11.8. The maximum absolute atomic E-state index is 15.9. The third kappa shape index (κ3) is 4.71. The molecule has 0 bridgehead atoms. The van der Waals surface area contributed by atoms with Crippen molar-refractivity contribution in [2.24, 2.45) is 0 Å². The number of ether oxygens (including phenoxy) is 1. The van der Waals surface area contributed by atoms with Crippen LogP contribution < -0.4 is 14.4 Å². The predicted octanol–water partition coefficient (Wildman–Crippen LogP) is 4.41. The summed E-state index contributed by atoms with van der Waals surface area (Å²) in [5, 5.41) is 3.95. The third-order valence-electron chi connectivity index (χ3n) is 5.99. The van der Waals surface area contributed by atoms with Crippen LogP contribution in [0.2, 0.25) is 0 Å². The standard InChI is InChI=1S/C23H24F4N4O4S/c1-23(2,3)36(33,34)29-21(32)15-12-28-31-10-8-17(19(25)20(15)31)30-9-4-5-16(30)14-11-13(24)6-7-18(14)35-22(26)27/h6-8,10-12,16,22H,4-5,9H2,1-3H3,(H,29,32)/t16-/m1/s1. The van der Waals surface area contributed by atoms with Gasteiger partial charge in [0.15, 0.2) is 5.82 Å². The molecule has 1 atom stereocenters. The lowest BCUT2D eigenvalue weighted by Crippen LogP contribution is -2.42. The predicted molar refractivity (Wildman–Crippen MR) is 124 cm³/mol. The fraction of sp³-hybridized carbons (Fsp3) is 0.391. The highest BCUT2D eigenvalue weighted by Crippen LogP contribution is 2.42. The van der Waals surface area contributed by atoms with Crippen LogP contribution in [0.1, 0.15) is 55.6 Å². The van der Waals surface area contributed by atoms with Crippen LogP contribution in [0.5, 0.6) is 5.75 Å². The van der Waals surface area contributed by atoms with E-state index >= 15 is 4.39 Å². The quantitative estimate of drug-likeness (QED) is 0.477. The van der Waals surface area contributed by atoms with Crippen LogP contribution in [0.15, 0.2) is 36.7 Å². The number of hydrogen-bond donors (Lipinski definition) is 1. The van der Waals surface area contributed by atoms with Crippen LogP contribution in [-0.2, 0) is 10.0 Å². The van der Waals surface area contributed by atoms with Crippen LogP contribution in [-0.4, -0.2) is 41.8 Å². The van der Waals surface area contributed by atoms with Gasteiger partial charge < -0.3 is 9.64 Å². The van der Waals surface area contributed by atoms with Crippen LogP contribution >= 0.6 is 0 Å². The third-order valence-corrected chi connectivity index (χ3v) is 8.06. The molecule has 1 aliphatic heterocycles. The van der Waals surface area contributed by atoms with E-state index in [1.807, 2.05) is 4.72 Å². The van der Waals surface area contributed by atoms with E-state index < -0.39 is 45.0 Å². The molecule has 1 saturated heterocycles. The first-order valence-corrected chi connectivity index (χ1v) is 12.5. The number of pyridine rings is 1. The van der Waals surface area contributed by atoms with Crippen molar-refractivity contribution in [1.82, 2.24) is 14.3 Å². The number of fused-ring (bicyclic) bond motifs is 1. The number of sulfonamides is 1. The van der Waals surface area contributed by atoms with E-state index in [4.69, 9.17) is 0 Å². The molecule has 0 spiro atoms. The van der Waals surface area contributed by atoms with Gasteiger partial charge in [-0.25, -0.2) is 26.4 Å². The van der Waals surface area contributed by atoms with Gasteiger partial charge in [-0.3, -0.25) is 4.79 Å². The minimum absolute atomic E-state index is 0.0190. The minimum Gasteiger partial charge on any atom is -0.434 e. The van der Waals surface area contributed by atoms with Gasteiger partial charge >= 0.3 is 6.61 Å². The zero-order chi connectivity index (χ0) is 26.4. The van der Waals surface area contributed by atoms with Crippen molar-refractivity contribution in [3.05, 3.63) is 59.4 Å². The highest BCUT2D eigenvalue weighted by atomic mass is 32.2. The van der Waals surface area contributed by atoms with Gasteiger partial charge in [0.1, 0.15) is 17.1 Å². The van der Waals surface area contributed by atoms with Gasteiger partial charge in [0.25, 0.3) is 5.91 Å². The molecule has 0 radical (unpaired) electrons. The van der Waals surface area contributed by atoms with Crippen molar-refractivity contribution in [3.63, 3.8) is 0 Å². The van der Waals surface area contributed by atoms with Crippen LogP contribution in [0.3, 0.4) is 0 Å². The van der Waals surface area contributed by atoms with E-state index in [1.54, 1.807) is 4.90 Å². The molecule has 1 N–H and O–H groups in total. The SMILES string of the molecule is CC(C)(C)S(=O)(=O)NC(=O)c1cnn2ccc(N3CCC[C@@H]3c3cc(F)ccc3OC(F)F)c(F)c12. The number of aromatic nitrogens is 2. The van der Waals surface area contributed by atoms with Crippen molar-refractivity contribution in [3.8, 4) is 5.75 Å². The Morgan fingerprint density at radius 1 is 1.22 bits per heavy atom. The largest absolute Gasteiger partial charge is 0.434 e. The Morgan fingerprint density at radius 2 is 1.94 bits per heavy atom. The Morgan fingerprint density at radius 3 is 2.61 bits per heavy atom. The second kappa shape index (κ2) is 9.26. The highest BCUT2D eigenvalue weighted by Gasteiger charge is 2.34. The summed E-state index contributed by atoms with van der Waals surface area (Å²) in [6.45, 7) is 1.40. The van der Waals surface area contributed by atoms with E-state index in [9.17, 15) is 26.4 Å². The topological polar surface area (TPSA) is 93.0 Å². The molecule has 1 aromatic carbocycles. The minimum atomic E-state index is -4.07. The summed E-state index contributed by atoms with van der Waals surface area (Å²) < 4.78 is 87.0. The van der Waals surface area contributed by atoms with E-state index in [1.165, 1.54) is 33.0 Å². The van der Waals surface area contributed by atoms with Gasteiger partial charge in [0, 0.05) is 18.3 Å². The first kappa shape index (κ1) is 25.7. The normalized spacial score (nSPS) is 16.7. The highest BCUT2D eigenvalue weighted by molar-refractivity contribution is 7.91. The number of alkyl halides is 2. The van der Waals surface area contributed by atoms with Gasteiger partial charge in [-0.1, -0.05) is 0 Å². The Kier molecular flexibility index (Phi) is 6.62. The molecular formula is C23H24F4N4O4S. The van der Waals surface area contributed by atoms with Crippen LogP contribution in [0.4, 0.5) is 23.2 Å². The van der Waals surface area contributed by atoms with Gasteiger partial charge in [0.2, 0.25) is 10.0 Å². The fourth-order valence-corrected chi connectivity index (χ4v) is 4.77. The molecule has 3 heterocycles. The van der Waals surface area contributed by atoms with Crippen LogP contribution in [0.25, 0.3) is 5.52 Å². The molecule has 1 amide bonds. The number of hydrogen-bond acceptors (Lipinski definition) is 6. The van der Waals surface area contributed by atoms with E-state index in [2.05, 4.69) is 9.84 Å². The molecule has 1 fully saturated rings. The van der Waals surface area contributed by atoms with E-state index in [0.29, 0.717) is 19.4 Å². The Labute approximate surface area is 204 Å².